The Hall–Kier alpha value is -1.43. The van der Waals surface area contributed by atoms with E-state index in [-0.39, 0.29) is 31.2 Å². The van der Waals surface area contributed by atoms with Gasteiger partial charge in [0.15, 0.2) is 0 Å². The molecule has 21 heavy (non-hydrogen) atoms. The van der Waals surface area contributed by atoms with Gasteiger partial charge < -0.3 is 20.5 Å². The van der Waals surface area contributed by atoms with E-state index in [1.54, 1.807) is 0 Å². The molecule has 1 rings (SSSR count). The normalized spacial score (nSPS) is 14.0. The maximum absolute atomic E-state index is 11.4. The van der Waals surface area contributed by atoms with Gasteiger partial charge in [-0.3, -0.25) is 4.79 Å². The van der Waals surface area contributed by atoms with Crippen molar-refractivity contribution in [3.8, 4) is 0 Å². The maximum Gasteiger partial charge on any atom is 0.234 e. The number of hydrogen-bond donors (Lipinski definition) is 3. The molecule has 118 valence electrons. The highest BCUT2D eigenvalue weighted by Gasteiger charge is 2.10. The summed E-state index contributed by atoms with van der Waals surface area (Å²) in [7, 11) is 0. The van der Waals surface area contributed by atoms with Gasteiger partial charge in [-0.25, -0.2) is 0 Å². The summed E-state index contributed by atoms with van der Waals surface area (Å²) in [5.41, 5.74) is 1.08. The molecule has 5 nitrogen and oxygen atoms in total. The summed E-state index contributed by atoms with van der Waals surface area (Å²) >= 11 is 0. The van der Waals surface area contributed by atoms with Crippen LogP contribution in [0.4, 0.5) is 0 Å². The van der Waals surface area contributed by atoms with Crippen molar-refractivity contribution in [2.45, 2.75) is 39.0 Å². The average molecular weight is 294 g/mol. The molecule has 0 aliphatic heterocycles. The number of benzene rings is 1. The summed E-state index contributed by atoms with van der Waals surface area (Å²) in [6, 6.07) is 9.98. The third-order valence-electron chi connectivity index (χ3n) is 2.92. The topological polar surface area (TPSA) is 70.6 Å². The van der Waals surface area contributed by atoms with Crippen molar-refractivity contribution < 1.29 is 14.6 Å². The van der Waals surface area contributed by atoms with Crippen LogP contribution < -0.4 is 10.6 Å². The number of aliphatic hydroxyl groups is 1. The molecular weight excluding hydrogens is 268 g/mol. The predicted octanol–water partition coefficient (Wildman–Crippen LogP) is 1.24. The zero-order valence-corrected chi connectivity index (χ0v) is 13.0. The van der Waals surface area contributed by atoms with Gasteiger partial charge in [-0.05, 0) is 26.3 Å². The number of carbonyl (C=O) groups is 1. The van der Waals surface area contributed by atoms with Gasteiger partial charge in [0.2, 0.25) is 5.91 Å². The molecule has 0 radical (unpaired) electrons. The van der Waals surface area contributed by atoms with Gasteiger partial charge >= 0.3 is 0 Å². The van der Waals surface area contributed by atoms with Gasteiger partial charge in [0, 0.05) is 12.6 Å². The molecule has 5 heteroatoms. The molecule has 2 unspecified atom stereocenters. The fourth-order valence-corrected chi connectivity index (χ4v) is 1.86. The first-order chi connectivity index (χ1) is 9.99. The molecule has 0 saturated heterocycles. The molecule has 0 saturated carbocycles. The molecule has 1 amide bonds. The molecule has 3 N–H and O–H groups in total. The summed E-state index contributed by atoms with van der Waals surface area (Å²) in [5, 5.41) is 15.5. The number of aliphatic hydroxyl groups excluding tert-OH is 1. The van der Waals surface area contributed by atoms with Gasteiger partial charge in [0.25, 0.3) is 0 Å². The van der Waals surface area contributed by atoms with E-state index in [2.05, 4.69) is 10.6 Å². The number of ether oxygens (including phenoxy) is 1. The highest BCUT2D eigenvalue weighted by Crippen LogP contribution is 2.15. The zero-order chi connectivity index (χ0) is 15.7. The Morgan fingerprint density at radius 2 is 1.90 bits per heavy atom. The summed E-state index contributed by atoms with van der Waals surface area (Å²) in [4.78, 5) is 11.4. The number of carbonyl (C=O) groups excluding carboxylic acids is 1. The minimum Gasteiger partial charge on any atom is -0.389 e. The smallest absolute Gasteiger partial charge is 0.234 e. The molecular formula is C16H26N2O3. The van der Waals surface area contributed by atoms with Crippen LogP contribution in [-0.2, 0) is 9.53 Å². The Morgan fingerprint density at radius 3 is 2.52 bits per heavy atom. The second kappa shape index (κ2) is 9.50. The monoisotopic (exact) mass is 294 g/mol. The SMILES string of the molecule is CC(C)NC(=O)CNCC(O)COC(C)c1ccccc1. The fourth-order valence-electron chi connectivity index (χ4n) is 1.86. The fraction of sp³-hybridized carbons (Fsp3) is 0.562. The van der Waals surface area contributed by atoms with Crippen LogP contribution >= 0.6 is 0 Å². The zero-order valence-electron chi connectivity index (χ0n) is 13.0. The molecule has 0 aliphatic carbocycles. The first-order valence-electron chi connectivity index (χ1n) is 7.33. The highest BCUT2D eigenvalue weighted by molar-refractivity contribution is 5.78. The average Bonchev–Trinajstić information content (AvgIpc) is 2.45. The van der Waals surface area contributed by atoms with E-state index in [1.165, 1.54) is 0 Å². The first-order valence-corrected chi connectivity index (χ1v) is 7.33. The third-order valence-corrected chi connectivity index (χ3v) is 2.92. The molecule has 0 heterocycles. The number of amides is 1. The van der Waals surface area contributed by atoms with Gasteiger partial charge in [0.05, 0.1) is 25.4 Å². The maximum atomic E-state index is 11.4. The number of hydrogen-bond acceptors (Lipinski definition) is 4. The third kappa shape index (κ3) is 7.80. The molecule has 0 spiro atoms. The van der Waals surface area contributed by atoms with Crippen LogP contribution in [0, 0.1) is 0 Å². The van der Waals surface area contributed by atoms with E-state index in [1.807, 2.05) is 51.1 Å². The van der Waals surface area contributed by atoms with Crippen molar-refractivity contribution in [3.63, 3.8) is 0 Å². The second-order valence-electron chi connectivity index (χ2n) is 5.39. The van der Waals surface area contributed by atoms with Crippen molar-refractivity contribution in [2.24, 2.45) is 0 Å². The van der Waals surface area contributed by atoms with Crippen molar-refractivity contribution in [1.29, 1.82) is 0 Å². The molecule has 2 atom stereocenters. The van der Waals surface area contributed by atoms with E-state index in [9.17, 15) is 9.90 Å². The van der Waals surface area contributed by atoms with E-state index >= 15 is 0 Å². The highest BCUT2D eigenvalue weighted by atomic mass is 16.5. The molecule has 0 aliphatic rings. The van der Waals surface area contributed by atoms with Crippen LogP contribution in [0.1, 0.15) is 32.4 Å². The Bertz CT molecular complexity index is 409. The first kappa shape index (κ1) is 17.6. The summed E-state index contributed by atoms with van der Waals surface area (Å²) < 4.78 is 5.62. The molecule has 0 aromatic heterocycles. The van der Waals surface area contributed by atoms with E-state index in [0.717, 1.165) is 5.56 Å². The van der Waals surface area contributed by atoms with Crippen LogP contribution in [0.5, 0.6) is 0 Å². The lowest BCUT2D eigenvalue weighted by Gasteiger charge is -2.17. The van der Waals surface area contributed by atoms with Crippen LogP contribution in [0.3, 0.4) is 0 Å². The summed E-state index contributed by atoms with van der Waals surface area (Å²) in [6.45, 7) is 6.52. The van der Waals surface area contributed by atoms with Crippen LogP contribution in [0.15, 0.2) is 30.3 Å². The minimum absolute atomic E-state index is 0.0647. The van der Waals surface area contributed by atoms with Gasteiger partial charge in [-0.2, -0.15) is 0 Å². The van der Waals surface area contributed by atoms with Crippen LogP contribution in [0.25, 0.3) is 0 Å². The van der Waals surface area contributed by atoms with Gasteiger partial charge in [-0.15, -0.1) is 0 Å². The van der Waals surface area contributed by atoms with E-state index in [4.69, 9.17) is 4.74 Å². The van der Waals surface area contributed by atoms with Crippen molar-refractivity contribution in [3.05, 3.63) is 35.9 Å². The van der Waals surface area contributed by atoms with Gasteiger partial charge in [-0.1, -0.05) is 30.3 Å². The lowest BCUT2D eigenvalue weighted by Crippen LogP contribution is -2.40. The predicted molar refractivity (Wildman–Crippen MR) is 83.0 cm³/mol. The Kier molecular flexibility index (Phi) is 7.97. The lowest BCUT2D eigenvalue weighted by atomic mass is 10.1. The van der Waals surface area contributed by atoms with Crippen molar-refractivity contribution >= 4 is 5.91 Å². The van der Waals surface area contributed by atoms with Crippen molar-refractivity contribution in [2.75, 3.05) is 19.7 Å². The summed E-state index contributed by atoms with van der Waals surface area (Å²) in [5.74, 6) is -0.0734. The van der Waals surface area contributed by atoms with E-state index < -0.39 is 6.10 Å². The minimum atomic E-state index is -0.636. The van der Waals surface area contributed by atoms with E-state index in [0.29, 0.717) is 6.54 Å². The lowest BCUT2D eigenvalue weighted by molar-refractivity contribution is -0.120. The quantitative estimate of drug-likeness (QED) is 0.641. The molecule has 0 fully saturated rings. The Balaban J connectivity index is 2.16. The number of nitrogens with one attached hydrogen (secondary N) is 2. The second-order valence-corrected chi connectivity index (χ2v) is 5.39. The molecule has 1 aromatic rings. The largest absolute Gasteiger partial charge is 0.389 e. The van der Waals surface area contributed by atoms with Crippen LogP contribution in [0.2, 0.25) is 0 Å². The molecule has 0 bridgehead atoms. The Labute approximate surface area is 126 Å². The number of rotatable bonds is 9. The standard InChI is InChI=1S/C16H26N2O3/c1-12(2)18-16(20)10-17-9-15(19)11-21-13(3)14-7-5-4-6-8-14/h4-8,12-13,15,17,19H,9-11H2,1-3H3,(H,18,20). The molecule has 1 aromatic carbocycles. The summed E-state index contributed by atoms with van der Waals surface area (Å²) in [6.07, 6.45) is -0.701. The van der Waals surface area contributed by atoms with Crippen molar-refractivity contribution in [1.82, 2.24) is 10.6 Å². The van der Waals surface area contributed by atoms with Crippen LogP contribution in [-0.4, -0.2) is 42.9 Å². The van der Waals surface area contributed by atoms with Gasteiger partial charge in [0.1, 0.15) is 0 Å². The Morgan fingerprint density at radius 1 is 1.24 bits per heavy atom.